The van der Waals surface area contributed by atoms with Crippen LogP contribution in [0.5, 0.6) is 0 Å². The van der Waals surface area contributed by atoms with Crippen LogP contribution in [0.15, 0.2) is 24.3 Å². The van der Waals surface area contributed by atoms with Gasteiger partial charge in [0.05, 0.1) is 17.9 Å². The van der Waals surface area contributed by atoms with Crippen molar-refractivity contribution in [2.75, 3.05) is 37.4 Å². The summed E-state index contributed by atoms with van der Waals surface area (Å²) in [7, 11) is 3.69. The van der Waals surface area contributed by atoms with Crippen molar-refractivity contribution in [2.24, 2.45) is 0 Å². The van der Waals surface area contributed by atoms with Crippen LogP contribution in [0.1, 0.15) is 0 Å². The average Bonchev–Trinajstić information content (AvgIpc) is 2.43. The van der Waals surface area contributed by atoms with Crippen molar-refractivity contribution in [2.45, 2.75) is 0 Å². The van der Waals surface area contributed by atoms with Gasteiger partial charge in [0.15, 0.2) is 0 Å². The zero-order chi connectivity index (χ0) is 15.8. The number of hydrogen-bond donors (Lipinski definition) is 4. The van der Waals surface area contributed by atoms with Crippen LogP contribution in [0, 0.1) is 0 Å². The number of carboxylic acids is 1. The summed E-state index contributed by atoms with van der Waals surface area (Å²) in [5, 5.41) is 15.5. The molecule has 8 nitrogen and oxygen atoms in total. The lowest BCUT2D eigenvalue weighted by Crippen LogP contribution is -2.40. The second-order valence-corrected chi connectivity index (χ2v) is 4.39. The first-order chi connectivity index (χ1) is 9.90. The van der Waals surface area contributed by atoms with E-state index in [0.717, 1.165) is 5.69 Å². The van der Waals surface area contributed by atoms with Crippen LogP contribution in [0.2, 0.25) is 0 Å². The fraction of sp³-hybridized carbons (Fsp3) is 0.308. The zero-order valence-electron chi connectivity index (χ0n) is 11.8. The molecule has 1 aromatic carbocycles. The monoisotopic (exact) mass is 294 g/mol. The van der Waals surface area contributed by atoms with Crippen molar-refractivity contribution in [1.29, 1.82) is 0 Å². The van der Waals surface area contributed by atoms with Gasteiger partial charge in [-0.05, 0) is 12.1 Å². The molecule has 1 rings (SSSR count). The van der Waals surface area contributed by atoms with Gasteiger partial charge in [-0.1, -0.05) is 12.1 Å². The number of benzene rings is 1. The van der Waals surface area contributed by atoms with Crippen molar-refractivity contribution in [3.05, 3.63) is 24.3 Å². The van der Waals surface area contributed by atoms with E-state index in [1.54, 1.807) is 12.1 Å². The van der Waals surface area contributed by atoms with Crippen molar-refractivity contribution in [3.8, 4) is 0 Å². The Balaban J connectivity index is 2.47. The van der Waals surface area contributed by atoms with Gasteiger partial charge in [0.2, 0.25) is 5.91 Å². The molecule has 0 atom stereocenters. The number of amides is 3. The van der Waals surface area contributed by atoms with Crippen molar-refractivity contribution in [3.63, 3.8) is 0 Å². The molecule has 114 valence electrons. The van der Waals surface area contributed by atoms with Gasteiger partial charge in [-0.2, -0.15) is 0 Å². The Hall–Kier alpha value is -2.77. The highest BCUT2D eigenvalue weighted by Crippen LogP contribution is 2.22. The van der Waals surface area contributed by atoms with E-state index in [1.807, 2.05) is 31.1 Å². The highest BCUT2D eigenvalue weighted by atomic mass is 16.4. The van der Waals surface area contributed by atoms with Gasteiger partial charge in [0, 0.05) is 14.1 Å². The van der Waals surface area contributed by atoms with Gasteiger partial charge in [-0.25, -0.2) is 4.79 Å². The molecule has 1 aromatic rings. The van der Waals surface area contributed by atoms with Gasteiger partial charge in [0.25, 0.3) is 0 Å². The molecule has 0 unspecified atom stereocenters. The van der Waals surface area contributed by atoms with Gasteiger partial charge in [-0.3, -0.25) is 9.59 Å². The van der Waals surface area contributed by atoms with Gasteiger partial charge in [-0.15, -0.1) is 0 Å². The van der Waals surface area contributed by atoms with E-state index >= 15 is 0 Å². The minimum atomic E-state index is -1.15. The number of nitrogens with one attached hydrogen (secondary N) is 3. The maximum Gasteiger partial charge on any atom is 0.322 e. The highest BCUT2D eigenvalue weighted by molar-refractivity contribution is 5.95. The second kappa shape index (κ2) is 7.73. The molecule has 0 saturated heterocycles. The van der Waals surface area contributed by atoms with E-state index in [1.165, 1.54) is 0 Å². The number of hydrogen-bond acceptors (Lipinski definition) is 4. The van der Waals surface area contributed by atoms with Gasteiger partial charge < -0.3 is 26.0 Å². The first kappa shape index (κ1) is 16.3. The number of nitrogens with zero attached hydrogens (tertiary/aromatic N) is 1. The predicted molar refractivity (Wildman–Crippen MR) is 78.4 cm³/mol. The zero-order valence-corrected chi connectivity index (χ0v) is 11.8. The normalized spacial score (nSPS) is 9.62. The standard InChI is InChI=1S/C13H18N4O4/c1-17(2)10-6-4-3-5-9(10)16-13(21)15-7-11(18)14-8-12(19)20/h3-6H,7-8H2,1-2H3,(H,14,18)(H,19,20)(H2,15,16,21). The number of carbonyl (C=O) groups excluding carboxylic acids is 2. The lowest BCUT2D eigenvalue weighted by molar-refractivity contribution is -0.137. The maximum absolute atomic E-state index is 11.7. The van der Waals surface area contributed by atoms with Crippen LogP contribution >= 0.6 is 0 Å². The molecule has 0 bridgehead atoms. The number of carbonyl (C=O) groups is 3. The number of aliphatic carboxylic acids is 1. The topological polar surface area (TPSA) is 111 Å². The number of anilines is 2. The van der Waals surface area contributed by atoms with E-state index in [2.05, 4.69) is 16.0 Å². The fourth-order valence-corrected chi connectivity index (χ4v) is 1.53. The lowest BCUT2D eigenvalue weighted by atomic mass is 10.2. The molecule has 21 heavy (non-hydrogen) atoms. The van der Waals surface area contributed by atoms with E-state index in [-0.39, 0.29) is 6.54 Å². The highest BCUT2D eigenvalue weighted by Gasteiger charge is 2.09. The molecule has 0 radical (unpaired) electrons. The summed E-state index contributed by atoms with van der Waals surface area (Å²) >= 11 is 0. The van der Waals surface area contributed by atoms with Crippen molar-refractivity contribution < 1.29 is 19.5 Å². The van der Waals surface area contributed by atoms with Crippen LogP contribution in [0.25, 0.3) is 0 Å². The van der Waals surface area contributed by atoms with Crippen LogP contribution in [-0.2, 0) is 9.59 Å². The molecular weight excluding hydrogens is 276 g/mol. The number of rotatable bonds is 6. The number of urea groups is 1. The fourth-order valence-electron chi connectivity index (χ4n) is 1.53. The summed E-state index contributed by atoms with van der Waals surface area (Å²) in [5.41, 5.74) is 1.42. The van der Waals surface area contributed by atoms with Crippen molar-refractivity contribution in [1.82, 2.24) is 10.6 Å². The Morgan fingerprint density at radius 3 is 2.38 bits per heavy atom. The number of carboxylic acid groups (broad SMARTS) is 1. The molecule has 0 spiro atoms. The third-order valence-electron chi connectivity index (χ3n) is 2.48. The first-order valence-electron chi connectivity index (χ1n) is 6.20. The Bertz CT molecular complexity index is 531. The summed E-state index contributed by atoms with van der Waals surface area (Å²) in [5.74, 6) is -1.72. The second-order valence-electron chi connectivity index (χ2n) is 4.39. The molecule has 0 heterocycles. The first-order valence-corrected chi connectivity index (χ1v) is 6.20. The van der Waals surface area contributed by atoms with E-state index in [4.69, 9.17) is 5.11 Å². The molecule has 8 heteroatoms. The summed E-state index contributed by atoms with van der Waals surface area (Å²) in [4.78, 5) is 35.1. The van der Waals surface area contributed by atoms with Gasteiger partial charge >= 0.3 is 12.0 Å². The third-order valence-corrected chi connectivity index (χ3v) is 2.48. The summed E-state index contributed by atoms with van der Waals surface area (Å²) in [6, 6.07) is 6.66. The molecule has 3 amide bonds. The van der Waals surface area contributed by atoms with Crippen LogP contribution in [-0.4, -0.2) is 50.2 Å². The van der Waals surface area contributed by atoms with Crippen LogP contribution in [0.4, 0.5) is 16.2 Å². The third kappa shape index (κ3) is 5.81. The molecule has 0 fully saturated rings. The number of para-hydroxylation sites is 2. The minimum Gasteiger partial charge on any atom is -0.480 e. The van der Waals surface area contributed by atoms with E-state index in [0.29, 0.717) is 5.69 Å². The summed E-state index contributed by atoms with van der Waals surface area (Å²) < 4.78 is 0. The summed E-state index contributed by atoms with van der Waals surface area (Å²) in [6.07, 6.45) is 0. The van der Waals surface area contributed by atoms with E-state index < -0.39 is 24.5 Å². The predicted octanol–water partition coefficient (Wildman–Crippen LogP) is 0.0749. The maximum atomic E-state index is 11.7. The van der Waals surface area contributed by atoms with Crippen molar-refractivity contribution >= 4 is 29.3 Å². The Morgan fingerprint density at radius 1 is 1.10 bits per heavy atom. The quantitative estimate of drug-likeness (QED) is 0.593. The van der Waals surface area contributed by atoms with Gasteiger partial charge in [0.1, 0.15) is 6.54 Å². The average molecular weight is 294 g/mol. The van der Waals surface area contributed by atoms with Crippen LogP contribution in [0.3, 0.4) is 0 Å². The SMILES string of the molecule is CN(C)c1ccccc1NC(=O)NCC(=O)NCC(=O)O. The van der Waals surface area contributed by atoms with E-state index in [9.17, 15) is 14.4 Å². The van der Waals surface area contributed by atoms with Crippen LogP contribution < -0.4 is 20.9 Å². The largest absolute Gasteiger partial charge is 0.480 e. The molecule has 4 N–H and O–H groups in total. The molecule has 0 aliphatic rings. The Kier molecular flexibility index (Phi) is 5.99. The molecule has 0 aromatic heterocycles. The lowest BCUT2D eigenvalue weighted by Gasteiger charge is -2.17. The smallest absolute Gasteiger partial charge is 0.322 e. The minimum absolute atomic E-state index is 0.302. The molecule has 0 aliphatic heterocycles. The molecular formula is C13H18N4O4. The molecule has 0 saturated carbocycles. The summed E-state index contributed by atoms with van der Waals surface area (Å²) in [6.45, 7) is -0.783. The Morgan fingerprint density at radius 2 is 1.76 bits per heavy atom. The molecule has 0 aliphatic carbocycles. The Labute approximate surface area is 122 Å².